The summed E-state index contributed by atoms with van der Waals surface area (Å²) in [4.78, 5) is 17.2. The van der Waals surface area contributed by atoms with E-state index in [0.717, 1.165) is 30.8 Å². The van der Waals surface area contributed by atoms with Crippen LogP contribution in [0, 0.1) is 6.92 Å². The van der Waals surface area contributed by atoms with Gasteiger partial charge in [-0.3, -0.25) is 4.79 Å². The predicted molar refractivity (Wildman–Crippen MR) is 119 cm³/mol. The molecule has 1 saturated heterocycles. The van der Waals surface area contributed by atoms with E-state index in [9.17, 15) is 13.2 Å². The summed E-state index contributed by atoms with van der Waals surface area (Å²) in [6.07, 6.45) is 0. The van der Waals surface area contributed by atoms with Gasteiger partial charge in [-0.15, -0.1) is 0 Å². The van der Waals surface area contributed by atoms with Crippen LogP contribution in [0.4, 0.5) is 0 Å². The summed E-state index contributed by atoms with van der Waals surface area (Å²) in [6.45, 7) is 7.79. The highest BCUT2D eigenvalue weighted by Gasteiger charge is 2.30. The van der Waals surface area contributed by atoms with E-state index in [1.807, 2.05) is 31.2 Å². The Hall–Kier alpha value is -1.93. The number of rotatable bonds is 7. The van der Waals surface area contributed by atoms with E-state index in [0.29, 0.717) is 18.1 Å². The zero-order valence-corrected chi connectivity index (χ0v) is 19.0. The summed E-state index contributed by atoms with van der Waals surface area (Å²) >= 11 is 5.93. The van der Waals surface area contributed by atoms with Crippen molar-refractivity contribution >= 4 is 27.5 Å². The first kappa shape index (κ1) is 22.7. The molecule has 1 amide bonds. The van der Waals surface area contributed by atoms with E-state index in [1.165, 1.54) is 16.4 Å². The van der Waals surface area contributed by atoms with Gasteiger partial charge in [0.2, 0.25) is 15.9 Å². The maximum Gasteiger partial charge on any atom is 0.243 e. The van der Waals surface area contributed by atoms with Crippen LogP contribution in [-0.4, -0.2) is 67.7 Å². The molecule has 3 rings (SSSR count). The minimum atomic E-state index is -3.87. The van der Waals surface area contributed by atoms with Crippen molar-refractivity contribution < 1.29 is 13.2 Å². The Morgan fingerprint density at radius 1 is 1.03 bits per heavy atom. The maximum absolute atomic E-state index is 13.4. The zero-order valence-electron chi connectivity index (χ0n) is 17.4. The number of nitrogens with zero attached hydrogens (tertiary/aromatic N) is 3. The fourth-order valence-electron chi connectivity index (χ4n) is 3.52. The topological polar surface area (TPSA) is 60.9 Å². The summed E-state index contributed by atoms with van der Waals surface area (Å²) < 4.78 is 28.0. The zero-order chi connectivity index (χ0) is 21.7. The number of likely N-dealkylation sites (N-methyl/N-ethyl adjacent to an activating group) is 1. The fourth-order valence-corrected chi connectivity index (χ4v) is 5.02. The summed E-state index contributed by atoms with van der Waals surface area (Å²) in [7, 11) is -3.87. The van der Waals surface area contributed by atoms with Gasteiger partial charge in [-0.25, -0.2) is 8.42 Å². The minimum absolute atomic E-state index is 0.129. The summed E-state index contributed by atoms with van der Waals surface area (Å²) in [5, 5.41) is 0.462. The Labute approximate surface area is 184 Å². The number of carbonyl (C=O) groups excluding carboxylic acids is 1. The second kappa shape index (κ2) is 9.92. The number of carbonyl (C=O) groups is 1. The van der Waals surface area contributed by atoms with Crippen LogP contribution >= 0.6 is 11.6 Å². The Morgan fingerprint density at radius 2 is 1.67 bits per heavy atom. The lowest BCUT2D eigenvalue weighted by Crippen LogP contribution is -2.51. The SMILES string of the molecule is CCN1CCN(C(=O)CN(Cc2ccccc2C)S(=O)(=O)c2ccc(Cl)cc2)CC1. The van der Waals surface area contributed by atoms with Crippen LogP contribution < -0.4 is 0 Å². The van der Waals surface area contributed by atoms with Crippen LogP contribution in [-0.2, 0) is 21.4 Å². The highest BCUT2D eigenvalue weighted by molar-refractivity contribution is 7.89. The second-order valence-electron chi connectivity index (χ2n) is 7.47. The molecule has 0 spiro atoms. The first-order chi connectivity index (χ1) is 14.3. The predicted octanol–water partition coefficient (Wildman–Crippen LogP) is 3.00. The highest BCUT2D eigenvalue weighted by Crippen LogP contribution is 2.22. The Bertz CT molecular complexity index is 971. The van der Waals surface area contributed by atoms with E-state index >= 15 is 0 Å². The smallest absolute Gasteiger partial charge is 0.243 e. The molecule has 30 heavy (non-hydrogen) atoms. The maximum atomic E-state index is 13.4. The molecule has 1 aliphatic rings. The minimum Gasteiger partial charge on any atom is -0.339 e. The number of piperazine rings is 1. The third kappa shape index (κ3) is 5.40. The Morgan fingerprint density at radius 3 is 2.27 bits per heavy atom. The van der Waals surface area contributed by atoms with Gasteiger partial charge in [0.15, 0.2) is 0 Å². The van der Waals surface area contributed by atoms with Crippen LogP contribution in [0.15, 0.2) is 53.4 Å². The van der Waals surface area contributed by atoms with E-state index in [-0.39, 0.29) is 23.9 Å². The normalized spacial score (nSPS) is 15.5. The number of halogens is 1. The summed E-state index contributed by atoms with van der Waals surface area (Å²) in [6, 6.07) is 13.7. The monoisotopic (exact) mass is 449 g/mol. The van der Waals surface area contributed by atoms with E-state index in [1.54, 1.807) is 17.0 Å². The van der Waals surface area contributed by atoms with Crippen LogP contribution in [0.1, 0.15) is 18.1 Å². The molecule has 0 saturated carbocycles. The number of sulfonamides is 1. The summed E-state index contributed by atoms with van der Waals surface area (Å²) in [5.41, 5.74) is 1.86. The lowest BCUT2D eigenvalue weighted by molar-refractivity contribution is -0.133. The summed E-state index contributed by atoms with van der Waals surface area (Å²) in [5.74, 6) is -0.170. The molecule has 1 aliphatic heterocycles. The van der Waals surface area contributed by atoms with Crippen molar-refractivity contribution in [2.24, 2.45) is 0 Å². The van der Waals surface area contributed by atoms with Gasteiger partial charge in [-0.05, 0) is 48.9 Å². The number of hydrogen-bond donors (Lipinski definition) is 0. The van der Waals surface area contributed by atoms with Gasteiger partial charge in [0.05, 0.1) is 11.4 Å². The van der Waals surface area contributed by atoms with Crippen LogP contribution in [0.5, 0.6) is 0 Å². The molecule has 0 bridgehead atoms. The number of hydrogen-bond acceptors (Lipinski definition) is 4. The van der Waals surface area contributed by atoms with E-state index in [4.69, 9.17) is 11.6 Å². The largest absolute Gasteiger partial charge is 0.339 e. The average molecular weight is 450 g/mol. The average Bonchev–Trinajstić information content (AvgIpc) is 2.75. The van der Waals surface area contributed by atoms with Gasteiger partial charge in [0.1, 0.15) is 0 Å². The van der Waals surface area contributed by atoms with Gasteiger partial charge in [-0.2, -0.15) is 4.31 Å². The third-order valence-electron chi connectivity index (χ3n) is 5.54. The Kier molecular flexibility index (Phi) is 7.52. The third-order valence-corrected chi connectivity index (χ3v) is 7.60. The molecule has 8 heteroatoms. The van der Waals surface area contributed by atoms with Crippen molar-refractivity contribution in [2.45, 2.75) is 25.3 Å². The quantitative estimate of drug-likeness (QED) is 0.652. The standard InChI is InChI=1S/C22H28ClN3O3S/c1-3-24-12-14-25(15-13-24)22(27)17-26(16-19-7-5-4-6-18(19)2)30(28,29)21-10-8-20(23)9-11-21/h4-11H,3,12-17H2,1-2H3. The molecule has 0 aliphatic carbocycles. The first-order valence-electron chi connectivity index (χ1n) is 10.1. The van der Waals surface area contributed by atoms with Crippen molar-refractivity contribution in [1.82, 2.24) is 14.1 Å². The van der Waals surface area contributed by atoms with Gasteiger partial charge in [0, 0.05) is 37.7 Å². The van der Waals surface area contributed by atoms with Crippen LogP contribution in [0.2, 0.25) is 5.02 Å². The lowest BCUT2D eigenvalue weighted by atomic mass is 10.1. The Balaban J connectivity index is 1.85. The van der Waals surface area contributed by atoms with Crippen molar-refractivity contribution in [3.63, 3.8) is 0 Å². The van der Waals surface area contributed by atoms with Crippen molar-refractivity contribution in [1.29, 1.82) is 0 Å². The van der Waals surface area contributed by atoms with Gasteiger partial charge >= 0.3 is 0 Å². The number of amides is 1. The van der Waals surface area contributed by atoms with E-state index in [2.05, 4.69) is 11.8 Å². The molecule has 1 fully saturated rings. The molecule has 0 aromatic heterocycles. The fraction of sp³-hybridized carbons (Fsp3) is 0.409. The number of benzene rings is 2. The molecule has 6 nitrogen and oxygen atoms in total. The van der Waals surface area contributed by atoms with E-state index < -0.39 is 10.0 Å². The molecule has 0 atom stereocenters. The molecule has 0 unspecified atom stereocenters. The van der Waals surface area contributed by atoms with Gasteiger partial charge < -0.3 is 9.80 Å². The molecular formula is C22H28ClN3O3S. The first-order valence-corrected chi connectivity index (χ1v) is 11.9. The molecule has 2 aromatic rings. The van der Waals surface area contributed by atoms with Crippen LogP contribution in [0.3, 0.4) is 0 Å². The lowest BCUT2D eigenvalue weighted by Gasteiger charge is -2.35. The van der Waals surface area contributed by atoms with Gasteiger partial charge in [0.25, 0.3) is 0 Å². The molecule has 162 valence electrons. The highest BCUT2D eigenvalue weighted by atomic mass is 35.5. The molecule has 2 aromatic carbocycles. The molecule has 0 N–H and O–H groups in total. The van der Waals surface area contributed by atoms with Crippen LogP contribution in [0.25, 0.3) is 0 Å². The molecule has 0 radical (unpaired) electrons. The second-order valence-corrected chi connectivity index (χ2v) is 9.84. The van der Waals surface area contributed by atoms with Crippen molar-refractivity contribution in [2.75, 3.05) is 39.3 Å². The number of aryl methyl sites for hydroxylation is 1. The molecule has 1 heterocycles. The van der Waals surface area contributed by atoms with Crippen molar-refractivity contribution in [3.05, 3.63) is 64.7 Å². The van der Waals surface area contributed by atoms with Gasteiger partial charge in [-0.1, -0.05) is 42.8 Å². The molecular weight excluding hydrogens is 422 g/mol. The van der Waals surface area contributed by atoms with Crippen molar-refractivity contribution in [3.8, 4) is 0 Å².